The topological polar surface area (TPSA) is 32.3 Å². The van der Waals surface area contributed by atoms with Crippen LogP contribution in [0.4, 0.5) is 0 Å². The summed E-state index contributed by atoms with van der Waals surface area (Å²) in [5.74, 6) is 0. The largest absolute Gasteiger partial charge is 0.389 e. The average molecular weight is 223 g/mol. The van der Waals surface area contributed by atoms with Crippen molar-refractivity contribution in [3.05, 3.63) is 0 Å². The molecule has 0 aliphatic heterocycles. The summed E-state index contributed by atoms with van der Waals surface area (Å²) in [5, 5.41) is 14.0. The maximum Gasteiger partial charge on any atom is 0.0772 e. The van der Waals surface area contributed by atoms with E-state index in [1.807, 2.05) is 0 Å². The Labute approximate surface area is 98.8 Å². The first-order valence-electron chi connectivity index (χ1n) is 7.16. The van der Waals surface area contributed by atoms with Crippen LogP contribution in [-0.4, -0.2) is 23.3 Å². The monoisotopic (exact) mass is 223 g/mol. The van der Waals surface area contributed by atoms with E-state index >= 15 is 0 Å². The van der Waals surface area contributed by atoms with E-state index in [4.69, 9.17) is 0 Å². The van der Waals surface area contributed by atoms with Crippen LogP contribution in [0.3, 0.4) is 0 Å². The van der Waals surface area contributed by atoms with Crippen LogP contribution in [0.25, 0.3) is 0 Å². The molecule has 0 unspecified atom stereocenters. The van der Waals surface area contributed by atoms with Crippen molar-refractivity contribution < 1.29 is 5.11 Å². The molecule has 0 aromatic rings. The fourth-order valence-electron chi connectivity index (χ4n) is 3.67. The molecular formula is C14H25NO. The lowest BCUT2D eigenvalue weighted by Gasteiger charge is -2.42. The van der Waals surface area contributed by atoms with Crippen molar-refractivity contribution in [2.45, 2.75) is 75.9 Å². The Morgan fingerprint density at radius 3 is 2.12 bits per heavy atom. The van der Waals surface area contributed by atoms with Gasteiger partial charge in [-0.1, -0.05) is 12.8 Å². The number of aliphatic hydroxyl groups is 1. The molecule has 0 bridgehead atoms. The van der Waals surface area contributed by atoms with Gasteiger partial charge in [0.25, 0.3) is 0 Å². The van der Waals surface area contributed by atoms with Crippen LogP contribution >= 0.6 is 0 Å². The van der Waals surface area contributed by atoms with Crippen molar-refractivity contribution in [2.75, 3.05) is 6.54 Å². The van der Waals surface area contributed by atoms with E-state index in [1.54, 1.807) is 0 Å². The zero-order chi connectivity index (χ0) is 11.1. The molecule has 92 valence electrons. The standard InChI is InChI=1S/C14H25NO/c16-14(11-15-12-3-4-12)9-7-13(8-10-14)5-1-2-6-13/h12,15-16H,1-11H2. The molecule has 0 amide bonds. The normalized spacial score (nSPS) is 32.1. The molecule has 0 aromatic heterocycles. The number of hydrogen-bond donors (Lipinski definition) is 2. The van der Waals surface area contributed by atoms with Crippen molar-refractivity contribution in [1.29, 1.82) is 0 Å². The molecule has 3 fully saturated rings. The van der Waals surface area contributed by atoms with Gasteiger partial charge in [0.2, 0.25) is 0 Å². The maximum absolute atomic E-state index is 10.5. The Bertz CT molecular complexity index is 243. The van der Waals surface area contributed by atoms with Gasteiger partial charge >= 0.3 is 0 Å². The molecule has 0 heterocycles. The first kappa shape index (κ1) is 11.0. The summed E-state index contributed by atoms with van der Waals surface area (Å²) in [7, 11) is 0. The third kappa shape index (κ3) is 2.28. The van der Waals surface area contributed by atoms with Crippen LogP contribution in [0.2, 0.25) is 0 Å². The summed E-state index contributed by atoms with van der Waals surface area (Å²) in [6.45, 7) is 0.841. The van der Waals surface area contributed by atoms with Crippen LogP contribution in [0.15, 0.2) is 0 Å². The Morgan fingerprint density at radius 1 is 0.938 bits per heavy atom. The molecule has 2 N–H and O–H groups in total. The van der Waals surface area contributed by atoms with E-state index in [9.17, 15) is 5.11 Å². The minimum atomic E-state index is -0.379. The molecule has 3 saturated carbocycles. The van der Waals surface area contributed by atoms with Crippen molar-refractivity contribution in [3.8, 4) is 0 Å². The SMILES string of the molecule is OC1(CNC2CC2)CCC2(CCCC2)CC1. The summed E-state index contributed by atoms with van der Waals surface area (Å²) in [6.07, 6.45) is 13.0. The number of rotatable bonds is 3. The van der Waals surface area contributed by atoms with Crippen molar-refractivity contribution in [2.24, 2.45) is 5.41 Å². The third-order valence-electron chi connectivity index (χ3n) is 5.20. The van der Waals surface area contributed by atoms with Gasteiger partial charge in [0.05, 0.1) is 5.60 Å². The number of nitrogens with one attached hydrogen (secondary N) is 1. The first-order valence-corrected chi connectivity index (χ1v) is 7.16. The van der Waals surface area contributed by atoms with Crippen molar-refractivity contribution in [3.63, 3.8) is 0 Å². The van der Waals surface area contributed by atoms with Gasteiger partial charge in [0, 0.05) is 12.6 Å². The molecule has 3 aliphatic rings. The van der Waals surface area contributed by atoms with Gasteiger partial charge < -0.3 is 10.4 Å². The van der Waals surface area contributed by atoms with Gasteiger partial charge in [-0.15, -0.1) is 0 Å². The second-order valence-corrected chi connectivity index (χ2v) is 6.59. The molecule has 2 nitrogen and oxygen atoms in total. The molecule has 16 heavy (non-hydrogen) atoms. The Balaban J connectivity index is 1.51. The molecule has 1 spiro atoms. The third-order valence-corrected chi connectivity index (χ3v) is 5.20. The summed E-state index contributed by atoms with van der Waals surface area (Å²) >= 11 is 0. The Hall–Kier alpha value is -0.0800. The smallest absolute Gasteiger partial charge is 0.0772 e. The average Bonchev–Trinajstić information content (AvgIpc) is 3.02. The van der Waals surface area contributed by atoms with Crippen LogP contribution in [0.1, 0.15) is 64.2 Å². The molecule has 0 radical (unpaired) electrons. The highest BCUT2D eigenvalue weighted by Crippen LogP contribution is 2.51. The summed E-state index contributed by atoms with van der Waals surface area (Å²) in [4.78, 5) is 0. The van der Waals surface area contributed by atoms with Gasteiger partial charge in [-0.3, -0.25) is 0 Å². The van der Waals surface area contributed by atoms with Crippen molar-refractivity contribution >= 4 is 0 Å². The predicted molar refractivity (Wildman–Crippen MR) is 65.3 cm³/mol. The maximum atomic E-state index is 10.5. The second-order valence-electron chi connectivity index (χ2n) is 6.59. The fourth-order valence-corrected chi connectivity index (χ4v) is 3.67. The summed E-state index contributed by atoms with van der Waals surface area (Å²) in [5.41, 5.74) is 0.266. The van der Waals surface area contributed by atoms with Gasteiger partial charge in [-0.2, -0.15) is 0 Å². The highest BCUT2D eigenvalue weighted by Gasteiger charge is 2.43. The second kappa shape index (κ2) is 3.99. The van der Waals surface area contributed by atoms with E-state index in [0.717, 1.165) is 25.4 Å². The molecule has 0 saturated heterocycles. The minimum Gasteiger partial charge on any atom is -0.389 e. The Morgan fingerprint density at radius 2 is 1.56 bits per heavy atom. The lowest BCUT2D eigenvalue weighted by molar-refractivity contribution is -0.0315. The molecule has 0 atom stereocenters. The molecule has 3 aliphatic carbocycles. The zero-order valence-electron chi connectivity index (χ0n) is 10.3. The lowest BCUT2D eigenvalue weighted by Crippen LogP contribution is -2.46. The van der Waals surface area contributed by atoms with E-state index in [-0.39, 0.29) is 5.60 Å². The highest BCUT2D eigenvalue weighted by atomic mass is 16.3. The van der Waals surface area contributed by atoms with Crippen LogP contribution in [-0.2, 0) is 0 Å². The molecule has 0 aromatic carbocycles. The van der Waals surface area contributed by atoms with Crippen LogP contribution < -0.4 is 5.32 Å². The van der Waals surface area contributed by atoms with Gasteiger partial charge in [0.1, 0.15) is 0 Å². The predicted octanol–water partition coefficient (Wildman–Crippen LogP) is 2.60. The highest BCUT2D eigenvalue weighted by molar-refractivity contribution is 4.97. The van der Waals surface area contributed by atoms with E-state index in [2.05, 4.69) is 5.32 Å². The molecule has 3 rings (SSSR count). The first-order chi connectivity index (χ1) is 7.70. The van der Waals surface area contributed by atoms with Crippen molar-refractivity contribution in [1.82, 2.24) is 5.32 Å². The summed E-state index contributed by atoms with van der Waals surface area (Å²) < 4.78 is 0. The molecular weight excluding hydrogens is 198 g/mol. The van der Waals surface area contributed by atoms with Gasteiger partial charge in [-0.05, 0) is 56.8 Å². The van der Waals surface area contributed by atoms with Gasteiger partial charge in [-0.25, -0.2) is 0 Å². The minimum absolute atomic E-state index is 0.379. The molecule has 2 heteroatoms. The van der Waals surface area contributed by atoms with E-state index in [1.165, 1.54) is 51.4 Å². The quantitative estimate of drug-likeness (QED) is 0.771. The van der Waals surface area contributed by atoms with E-state index < -0.39 is 0 Å². The van der Waals surface area contributed by atoms with Gasteiger partial charge in [0.15, 0.2) is 0 Å². The van der Waals surface area contributed by atoms with Crippen LogP contribution in [0, 0.1) is 5.41 Å². The zero-order valence-corrected chi connectivity index (χ0v) is 10.3. The van der Waals surface area contributed by atoms with Crippen LogP contribution in [0.5, 0.6) is 0 Å². The Kier molecular flexibility index (Phi) is 2.75. The fraction of sp³-hybridized carbons (Fsp3) is 1.00. The number of hydrogen-bond acceptors (Lipinski definition) is 2. The summed E-state index contributed by atoms with van der Waals surface area (Å²) in [6, 6.07) is 0.728. The van der Waals surface area contributed by atoms with E-state index in [0.29, 0.717) is 5.41 Å². The lowest BCUT2D eigenvalue weighted by atomic mass is 9.67.